The second-order valence-electron chi connectivity index (χ2n) is 6.12. The van der Waals surface area contributed by atoms with Crippen molar-refractivity contribution in [2.45, 2.75) is 52.1 Å². The summed E-state index contributed by atoms with van der Waals surface area (Å²) in [6.07, 6.45) is 1.69. The minimum Gasteiger partial charge on any atom is -0.388 e. The highest BCUT2D eigenvalue weighted by molar-refractivity contribution is 5.42. The van der Waals surface area contributed by atoms with Crippen molar-refractivity contribution in [2.75, 3.05) is 0 Å². The van der Waals surface area contributed by atoms with Crippen LogP contribution in [0.15, 0.2) is 18.2 Å². The van der Waals surface area contributed by atoms with E-state index in [1.807, 2.05) is 0 Å². The van der Waals surface area contributed by atoms with E-state index in [0.29, 0.717) is 5.92 Å². The number of benzene rings is 1. The first kappa shape index (κ1) is 11.7. The monoisotopic (exact) mass is 218 g/mol. The Labute approximate surface area is 98.5 Å². The molecule has 0 aromatic heterocycles. The van der Waals surface area contributed by atoms with E-state index in [2.05, 4.69) is 45.9 Å². The molecule has 2 rings (SSSR count). The van der Waals surface area contributed by atoms with Crippen LogP contribution in [0.25, 0.3) is 0 Å². The third-order valence-electron chi connectivity index (χ3n) is 3.55. The smallest absolute Gasteiger partial charge is 0.0801 e. The largest absolute Gasteiger partial charge is 0.388 e. The maximum atomic E-state index is 10.1. The molecule has 1 aliphatic rings. The standard InChI is InChI=1S/C15H22O/c1-10(2)7-11-5-6-13-12(8-11)14(16)9-15(13,3)4/h5-6,8,10,14,16H,7,9H2,1-4H3/t14-/m0/s1. The predicted molar refractivity (Wildman–Crippen MR) is 67.6 cm³/mol. The molecule has 1 aromatic carbocycles. The maximum absolute atomic E-state index is 10.1. The zero-order valence-corrected chi connectivity index (χ0v) is 10.7. The van der Waals surface area contributed by atoms with E-state index in [0.717, 1.165) is 18.4 Å². The Kier molecular flexibility index (Phi) is 2.83. The van der Waals surface area contributed by atoms with Crippen molar-refractivity contribution in [1.29, 1.82) is 0 Å². The first-order chi connectivity index (χ1) is 7.40. The number of hydrogen-bond donors (Lipinski definition) is 1. The predicted octanol–water partition coefficient (Wildman–Crippen LogP) is 3.60. The van der Waals surface area contributed by atoms with Gasteiger partial charge in [0.25, 0.3) is 0 Å². The van der Waals surface area contributed by atoms with Crippen LogP contribution in [0.2, 0.25) is 0 Å². The van der Waals surface area contributed by atoms with Gasteiger partial charge in [0.05, 0.1) is 6.10 Å². The Morgan fingerprint density at radius 1 is 1.38 bits per heavy atom. The van der Waals surface area contributed by atoms with Crippen molar-refractivity contribution >= 4 is 0 Å². The van der Waals surface area contributed by atoms with Gasteiger partial charge >= 0.3 is 0 Å². The van der Waals surface area contributed by atoms with Crippen LogP contribution in [0.1, 0.15) is 56.9 Å². The number of fused-ring (bicyclic) bond motifs is 1. The zero-order valence-electron chi connectivity index (χ0n) is 10.7. The van der Waals surface area contributed by atoms with E-state index >= 15 is 0 Å². The van der Waals surface area contributed by atoms with Gasteiger partial charge in [-0.2, -0.15) is 0 Å². The van der Waals surface area contributed by atoms with E-state index < -0.39 is 0 Å². The summed E-state index contributed by atoms with van der Waals surface area (Å²) in [6.45, 7) is 8.88. The normalized spacial score (nSPS) is 22.5. The second kappa shape index (κ2) is 3.89. The lowest BCUT2D eigenvalue weighted by molar-refractivity contribution is 0.161. The van der Waals surface area contributed by atoms with E-state index in [1.54, 1.807) is 0 Å². The summed E-state index contributed by atoms with van der Waals surface area (Å²) in [5, 5.41) is 10.1. The van der Waals surface area contributed by atoms with Gasteiger partial charge in [-0.05, 0) is 40.9 Å². The molecule has 0 heterocycles. The molecule has 0 radical (unpaired) electrons. The molecule has 1 atom stereocenters. The number of aliphatic hydroxyl groups excluding tert-OH is 1. The van der Waals surface area contributed by atoms with E-state index in [4.69, 9.17) is 0 Å². The third-order valence-corrected chi connectivity index (χ3v) is 3.55. The van der Waals surface area contributed by atoms with Crippen molar-refractivity contribution < 1.29 is 5.11 Å². The van der Waals surface area contributed by atoms with Crippen molar-refractivity contribution in [3.8, 4) is 0 Å². The van der Waals surface area contributed by atoms with Crippen LogP contribution in [-0.4, -0.2) is 5.11 Å². The van der Waals surface area contributed by atoms with E-state index in [-0.39, 0.29) is 11.5 Å². The first-order valence-electron chi connectivity index (χ1n) is 6.21. The molecule has 1 heteroatoms. The van der Waals surface area contributed by atoms with Crippen molar-refractivity contribution in [3.05, 3.63) is 34.9 Å². The number of aliphatic hydroxyl groups is 1. The summed E-state index contributed by atoms with van der Waals surface area (Å²) in [7, 11) is 0. The summed E-state index contributed by atoms with van der Waals surface area (Å²) in [5.74, 6) is 0.671. The Bertz CT molecular complexity index is 390. The second-order valence-corrected chi connectivity index (χ2v) is 6.12. The molecule has 0 amide bonds. The molecule has 0 unspecified atom stereocenters. The van der Waals surface area contributed by atoms with Crippen LogP contribution in [0.4, 0.5) is 0 Å². The van der Waals surface area contributed by atoms with Gasteiger partial charge in [-0.3, -0.25) is 0 Å². The molecule has 0 saturated heterocycles. The number of hydrogen-bond acceptors (Lipinski definition) is 1. The fraction of sp³-hybridized carbons (Fsp3) is 0.600. The summed E-state index contributed by atoms with van der Waals surface area (Å²) < 4.78 is 0. The van der Waals surface area contributed by atoms with Crippen molar-refractivity contribution in [2.24, 2.45) is 5.92 Å². The first-order valence-corrected chi connectivity index (χ1v) is 6.21. The maximum Gasteiger partial charge on any atom is 0.0801 e. The lowest BCUT2D eigenvalue weighted by Gasteiger charge is -2.18. The molecule has 1 N–H and O–H groups in total. The molecule has 0 bridgehead atoms. The minimum absolute atomic E-state index is 0.130. The van der Waals surface area contributed by atoms with Gasteiger partial charge in [0, 0.05) is 0 Å². The van der Waals surface area contributed by atoms with Gasteiger partial charge in [0.2, 0.25) is 0 Å². The summed E-state index contributed by atoms with van der Waals surface area (Å²) in [6, 6.07) is 6.64. The molecule has 1 aliphatic carbocycles. The average Bonchev–Trinajstić information content (AvgIpc) is 2.36. The van der Waals surface area contributed by atoms with Gasteiger partial charge in [-0.15, -0.1) is 0 Å². The molecular formula is C15H22O. The average molecular weight is 218 g/mol. The minimum atomic E-state index is -0.267. The Morgan fingerprint density at radius 3 is 2.69 bits per heavy atom. The van der Waals surface area contributed by atoms with Gasteiger partial charge in [0.1, 0.15) is 0 Å². The van der Waals surface area contributed by atoms with Gasteiger partial charge in [-0.1, -0.05) is 45.9 Å². The lowest BCUT2D eigenvalue weighted by atomic mass is 9.86. The Morgan fingerprint density at radius 2 is 2.06 bits per heavy atom. The Balaban J connectivity index is 2.37. The van der Waals surface area contributed by atoms with Crippen LogP contribution in [0.3, 0.4) is 0 Å². The molecular weight excluding hydrogens is 196 g/mol. The van der Waals surface area contributed by atoms with Crippen LogP contribution in [-0.2, 0) is 11.8 Å². The molecule has 16 heavy (non-hydrogen) atoms. The zero-order chi connectivity index (χ0) is 11.9. The van der Waals surface area contributed by atoms with Gasteiger partial charge < -0.3 is 5.11 Å². The van der Waals surface area contributed by atoms with Crippen LogP contribution in [0, 0.1) is 5.92 Å². The molecule has 1 aromatic rings. The SMILES string of the molecule is CC(C)Cc1ccc2c(c1)[C@@H](O)CC2(C)C. The van der Waals surface area contributed by atoms with E-state index in [1.165, 1.54) is 11.1 Å². The molecule has 0 fully saturated rings. The fourth-order valence-corrected chi connectivity index (χ4v) is 2.81. The Hall–Kier alpha value is -0.820. The van der Waals surface area contributed by atoms with Gasteiger partial charge in [0.15, 0.2) is 0 Å². The molecule has 88 valence electrons. The van der Waals surface area contributed by atoms with Gasteiger partial charge in [-0.25, -0.2) is 0 Å². The molecule has 0 saturated carbocycles. The highest BCUT2D eigenvalue weighted by Gasteiger charge is 2.35. The fourth-order valence-electron chi connectivity index (χ4n) is 2.81. The highest BCUT2D eigenvalue weighted by atomic mass is 16.3. The molecule has 0 spiro atoms. The highest BCUT2D eigenvalue weighted by Crippen LogP contribution is 2.44. The lowest BCUT2D eigenvalue weighted by Crippen LogP contribution is -2.12. The topological polar surface area (TPSA) is 20.2 Å². The van der Waals surface area contributed by atoms with Crippen molar-refractivity contribution in [3.63, 3.8) is 0 Å². The van der Waals surface area contributed by atoms with Crippen LogP contribution in [0.5, 0.6) is 0 Å². The van der Waals surface area contributed by atoms with Crippen molar-refractivity contribution in [1.82, 2.24) is 0 Å². The molecule has 1 nitrogen and oxygen atoms in total. The third kappa shape index (κ3) is 2.01. The summed E-state index contributed by atoms with van der Waals surface area (Å²) >= 11 is 0. The molecule has 0 aliphatic heterocycles. The van der Waals surface area contributed by atoms with Crippen LogP contribution < -0.4 is 0 Å². The summed E-state index contributed by atoms with van der Waals surface area (Å²) in [5.41, 5.74) is 3.96. The number of rotatable bonds is 2. The quantitative estimate of drug-likeness (QED) is 0.804. The van der Waals surface area contributed by atoms with E-state index in [9.17, 15) is 5.11 Å². The van der Waals surface area contributed by atoms with Crippen LogP contribution >= 0.6 is 0 Å². The summed E-state index contributed by atoms with van der Waals surface area (Å²) in [4.78, 5) is 0.